The van der Waals surface area contributed by atoms with Gasteiger partial charge in [0.15, 0.2) is 0 Å². The van der Waals surface area contributed by atoms with Gasteiger partial charge >= 0.3 is 0 Å². The van der Waals surface area contributed by atoms with E-state index in [2.05, 4.69) is 54.6 Å². The molecule has 1 saturated heterocycles. The largest absolute Gasteiger partial charge is 0.337 e. The molecule has 0 spiro atoms. The molecule has 2 atom stereocenters. The highest BCUT2D eigenvalue weighted by Gasteiger charge is 2.42. The Balaban J connectivity index is 0.000000230. The van der Waals surface area contributed by atoms with Crippen LogP contribution in [-0.4, -0.2) is 69.7 Å². The first kappa shape index (κ1) is 29.8. The van der Waals surface area contributed by atoms with Crippen molar-refractivity contribution in [3.63, 3.8) is 0 Å². The molecular weight excluding hydrogens is 490 g/mol. The lowest BCUT2D eigenvalue weighted by atomic mass is 10.0. The fourth-order valence-corrected chi connectivity index (χ4v) is 5.17. The quantitative estimate of drug-likeness (QED) is 0.497. The molecule has 0 saturated carbocycles. The molecule has 2 aromatic rings. The molecule has 2 aliphatic heterocycles. The molecule has 4 rings (SSSR count). The van der Waals surface area contributed by atoms with Gasteiger partial charge in [0.2, 0.25) is 5.91 Å². The predicted octanol–water partition coefficient (Wildman–Crippen LogP) is 3.83. The van der Waals surface area contributed by atoms with E-state index in [4.69, 9.17) is 0 Å². The van der Waals surface area contributed by atoms with Crippen molar-refractivity contribution in [2.75, 3.05) is 20.1 Å². The van der Waals surface area contributed by atoms with Gasteiger partial charge in [-0.1, -0.05) is 63.4 Å². The third kappa shape index (κ3) is 6.45. The number of hydrogen-bond donors (Lipinski definition) is 1. The van der Waals surface area contributed by atoms with Crippen molar-refractivity contribution >= 4 is 18.1 Å². The maximum atomic E-state index is 13.0. The average molecular weight is 532 g/mol. The SMILES string of the molecule is C=CC1=C(C=C)C(=O)N(C(C(=O)N2CCCC2C=O)C(C)C)C1.CNCc1ccc(-c2ncn(C)c2C)cc1. The molecule has 2 aliphatic rings. The second kappa shape index (κ2) is 13.3. The molecule has 1 aromatic carbocycles. The van der Waals surface area contributed by atoms with Gasteiger partial charge in [-0.3, -0.25) is 9.59 Å². The van der Waals surface area contributed by atoms with E-state index >= 15 is 0 Å². The molecule has 0 bridgehead atoms. The van der Waals surface area contributed by atoms with E-state index in [9.17, 15) is 14.4 Å². The summed E-state index contributed by atoms with van der Waals surface area (Å²) in [4.78, 5) is 44.4. The normalized spacial score (nSPS) is 17.8. The Hall–Kier alpha value is -3.78. The van der Waals surface area contributed by atoms with Crippen molar-refractivity contribution in [1.29, 1.82) is 0 Å². The van der Waals surface area contributed by atoms with Crippen molar-refractivity contribution in [3.05, 3.63) is 78.3 Å². The van der Waals surface area contributed by atoms with E-state index < -0.39 is 6.04 Å². The van der Waals surface area contributed by atoms with Crippen molar-refractivity contribution in [2.24, 2.45) is 13.0 Å². The topological polar surface area (TPSA) is 87.5 Å². The minimum absolute atomic E-state index is 0.0467. The summed E-state index contributed by atoms with van der Waals surface area (Å²) in [7, 11) is 3.97. The predicted molar refractivity (Wildman–Crippen MR) is 155 cm³/mol. The van der Waals surface area contributed by atoms with Gasteiger partial charge in [0.1, 0.15) is 12.3 Å². The smallest absolute Gasteiger partial charge is 0.255 e. The second-order valence-corrected chi connectivity index (χ2v) is 10.4. The van der Waals surface area contributed by atoms with Crippen LogP contribution in [0.2, 0.25) is 0 Å². The molecule has 1 fully saturated rings. The molecule has 0 radical (unpaired) electrons. The van der Waals surface area contributed by atoms with Crippen LogP contribution in [-0.2, 0) is 28.0 Å². The van der Waals surface area contributed by atoms with Gasteiger partial charge in [-0.05, 0) is 43.9 Å². The molecule has 2 unspecified atom stereocenters. The zero-order valence-electron chi connectivity index (χ0n) is 23.8. The van der Waals surface area contributed by atoms with Crippen LogP contribution in [0.3, 0.4) is 0 Å². The number of aromatic nitrogens is 2. The van der Waals surface area contributed by atoms with Gasteiger partial charge in [-0.25, -0.2) is 4.98 Å². The Morgan fingerprint density at radius 3 is 2.38 bits per heavy atom. The minimum Gasteiger partial charge on any atom is -0.337 e. The van der Waals surface area contributed by atoms with Crippen LogP contribution in [0, 0.1) is 12.8 Å². The Bertz CT molecular complexity index is 1240. The van der Waals surface area contributed by atoms with Crippen LogP contribution in [0.4, 0.5) is 0 Å². The number of imidazole rings is 1. The van der Waals surface area contributed by atoms with Crippen LogP contribution in [0.25, 0.3) is 11.3 Å². The molecular formula is C31H41N5O3. The van der Waals surface area contributed by atoms with E-state index in [-0.39, 0.29) is 23.8 Å². The van der Waals surface area contributed by atoms with Crippen LogP contribution in [0.15, 0.2) is 67.0 Å². The zero-order valence-corrected chi connectivity index (χ0v) is 23.8. The third-order valence-electron chi connectivity index (χ3n) is 7.43. The van der Waals surface area contributed by atoms with Crippen LogP contribution in [0.5, 0.6) is 0 Å². The summed E-state index contributed by atoms with van der Waals surface area (Å²) in [5.41, 5.74) is 6.03. The number of rotatable bonds is 9. The van der Waals surface area contributed by atoms with E-state index in [0.29, 0.717) is 25.1 Å². The summed E-state index contributed by atoms with van der Waals surface area (Å²) < 4.78 is 2.04. The summed E-state index contributed by atoms with van der Waals surface area (Å²) in [5.74, 6) is -0.380. The van der Waals surface area contributed by atoms with Gasteiger partial charge in [-0.2, -0.15) is 0 Å². The summed E-state index contributed by atoms with van der Waals surface area (Å²) in [5, 5.41) is 3.14. The van der Waals surface area contributed by atoms with Gasteiger partial charge in [0.25, 0.3) is 5.91 Å². The number of hydrogen-bond acceptors (Lipinski definition) is 5. The Kier molecular flexibility index (Phi) is 10.2. The van der Waals surface area contributed by atoms with Crippen molar-refractivity contribution in [2.45, 2.75) is 52.2 Å². The first-order chi connectivity index (χ1) is 18.7. The maximum Gasteiger partial charge on any atom is 0.255 e. The van der Waals surface area contributed by atoms with E-state index in [1.54, 1.807) is 15.9 Å². The minimum atomic E-state index is -0.574. The third-order valence-corrected chi connectivity index (χ3v) is 7.43. The molecule has 0 aliphatic carbocycles. The van der Waals surface area contributed by atoms with Gasteiger partial charge < -0.3 is 24.5 Å². The fraction of sp³-hybridized carbons (Fsp3) is 0.419. The number of amides is 2. The van der Waals surface area contributed by atoms with E-state index in [1.807, 2.05) is 38.8 Å². The Morgan fingerprint density at radius 1 is 1.21 bits per heavy atom. The number of carbonyl (C=O) groups is 3. The number of nitrogens with one attached hydrogen (secondary N) is 1. The number of aryl methyl sites for hydroxylation is 1. The Labute approximate surface area is 232 Å². The molecule has 1 aromatic heterocycles. The molecule has 208 valence electrons. The molecule has 1 N–H and O–H groups in total. The molecule has 8 heteroatoms. The van der Waals surface area contributed by atoms with E-state index in [1.165, 1.54) is 22.9 Å². The summed E-state index contributed by atoms with van der Waals surface area (Å²) in [6, 6.07) is 7.59. The standard InChI is InChI=1S/C18H24N2O3.C13H17N3/c1-5-13-10-20(17(22)15(13)6-2)16(12(3)4)18(23)19-9-7-8-14(19)11-21;1-10-13(15-9-16(10)3)12-6-4-11(5-7-12)8-14-2/h5-6,11-12,14,16H,1-2,7-10H2,3-4H3;4-7,9,14H,8H2,1-3H3. The Morgan fingerprint density at radius 2 is 1.90 bits per heavy atom. The van der Waals surface area contributed by atoms with Gasteiger partial charge in [-0.15, -0.1) is 0 Å². The highest BCUT2D eigenvalue weighted by atomic mass is 16.2. The van der Waals surface area contributed by atoms with Crippen molar-refractivity contribution in [3.8, 4) is 11.3 Å². The number of benzene rings is 1. The monoisotopic (exact) mass is 531 g/mol. The lowest BCUT2D eigenvalue weighted by molar-refractivity contribution is -0.146. The number of carbonyl (C=O) groups excluding carboxylic acids is 3. The molecule has 2 amide bonds. The van der Waals surface area contributed by atoms with Crippen molar-refractivity contribution in [1.82, 2.24) is 24.7 Å². The van der Waals surface area contributed by atoms with Crippen LogP contribution < -0.4 is 5.32 Å². The summed E-state index contributed by atoms with van der Waals surface area (Å²) in [6.07, 6.45) is 7.36. The van der Waals surface area contributed by atoms with Crippen molar-refractivity contribution < 1.29 is 14.4 Å². The lowest BCUT2D eigenvalue weighted by Crippen LogP contribution is -2.53. The molecule has 3 heterocycles. The molecule has 8 nitrogen and oxygen atoms in total. The first-order valence-corrected chi connectivity index (χ1v) is 13.4. The number of nitrogens with zero attached hydrogens (tertiary/aromatic N) is 4. The number of aldehydes is 1. The highest BCUT2D eigenvalue weighted by molar-refractivity contribution is 6.03. The summed E-state index contributed by atoms with van der Waals surface area (Å²) >= 11 is 0. The van der Waals surface area contributed by atoms with Gasteiger partial charge in [0.05, 0.1) is 18.1 Å². The van der Waals surface area contributed by atoms with Crippen LogP contribution in [0.1, 0.15) is 37.9 Å². The first-order valence-electron chi connectivity index (χ1n) is 13.4. The van der Waals surface area contributed by atoms with Crippen LogP contribution >= 0.6 is 0 Å². The lowest BCUT2D eigenvalue weighted by Gasteiger charge is -2.34. The highest BCUT2D eigenvalue weighted by Crippen LogP contribution is 2.28. The zero-order chi connectivity index (χ0) is 28.7. The maximum absolute atomic E-state index is 13.0. The van der Waals surface area contributed by atoms with Gasteiger partial charge in [0, 0.05) is 43.5 Å². The number of likely N-dealkylation sites (tertiary alicyclic amines) is 1. The molecule has 39 heavy (non-hydrogen) atoms. The average Bonchev–Trinajstić information content (AvgIpc) is 3.62. The summed E-state index contributed by atoms with van der Waals surface area (Å²) in [6.45, 7) is 15.2. The fourth-order valence-electron chi connectivity index (χ4n) is 5.17. The van der Waals surface area contributed by atoms with E-state index in [0.717, 1.165) is 30.5 Å². The second-order valence-electron chi connectivity index (χ2n) is 10.4.